The summed E-state index contributed by atoms with van der Waals surface area (Å²) in [5, 5.41) is 9.31. The number of nitrogens with zero attached hydrogens (tertiary/aromatic N) is 3. The maximum atomic E-state index is 12.2. The van der Waals surface area contributed by atoms with Crippen LogP contribution in [-0.2, 0) is 4.79 Å². The van der Waals surface area contributed by atoms with Gasteiger partial charge in [-0.2, -0.15) is 10.2 Å². The summed E-state index contributed by atoms with van der Waals surface area (Å²) < 4.78 is 12.9. The first-order valence-corrected chi connectivity index (χ1v) is 11.6. The Hall–Kier alpha value is -4.10. The average molecular weight is 489 g/mol. The molecule has 4 aromatic rings. The van der Waals surface area contributed by atoms with Crippen molar-refractivity contribution in [2.45, 2.75) is 13.3 Å². The average Bonchev–Trinajstić information content (AvgIpc) is 3.32. The van der Waals surface area contributed by atoms with Crippen molar-refractivity contribution in [2.75, 3.05) is 13.2 Å². The first kappa shape index (κ1) is 24.0. The normalized spacial score (nSPS) is 10.9. The van der Waals surface area contributed by atoms with Gasteiger partial charge in [-0.05, 0) is 55.0 Å². The first-order valence-electron chi connectivity index (χ1n) is 11.2. The fourth-order valence-corrected chi connectivity index (χ4v) is 3.45. The molecule has 0 aliphatic heterocycles. The van der Waals surface area contributed by atoms with E-state index in [1.807, 2.05) is 60.8 Å². The molecular formula is C27H25ClN4O3. The Kier molecular flexibility index (Phi) is 8.14. The van der Waals surface area contributed by atoms with E-state index in [0.717, 1.165) is 34.7 Å². The van der Waals surface area contributed by atoms with Gasteiger partial charge in [0.05, 0.1) is 23.5 Å². The number of carbonyl (C=O) groups excluding carboxylic acids is 1. The van der Waals surface area contributed by atoms with E-state index in [2.05, 4.69) is 17.5 Å². The Bertz CT molecular complexity index is 1290. The quantitative estimate of drug-likeness (QED) is 0.236. The number of hydrogen-bond donors (Lipinski definition) is 1. The molecule has 8 heteroatoms. The lowest BCUT2D eigenvalue weighted by Crippen LogP contribution is -2.24. The van der Waals surface area contributed by atoms with Crippen LogP contribution in [0.2, 0.25) is 5.02 Å². The van der Waals surface area contributed by atoms with Gasteiger partial charge in [-0.3, -0.25) is 4.79 Å². The van der Waals surface area contributed by atoms with Crippen molar-refractivity contribution in [3.05, 3.63) is 95.6 Å². The van der Waals surface area contributed by atoms with Crippen molar-refractivity contribution < 1.29 is 14.3 Å². The topological polar surface area (TPSA) is 77.7 Å². The summed E-state index contributed by atoms with van der Waals surface area (Å²) in [5.74, 6) is 0.834. The number of nitrogens with one attached hydrogen (secondary N) is 1. The second kappa shape index (κ2) is 11.9. The second-order valence-electron chi connectivity index (χ2n) is 7.60. The highest BCUT2D eigenvalue weighted by Crippen LogP contribution is 2.25. The molecule has 0 radical (unpaired) electrons. The van der Waals surface area contributed by atoms with Crippen molar-refractivity contribution in [2.24, 2.45) is 5.10 Å². The third-order valence-electron chi connectivity index (χ3n) is 4.95. The van der Waals surface area contributed by atoms with Crippen molar-refractivity contribution in [1.82, 2.24) is 15.2 Å². The van der Waals surface area contributed by atoms with Gasteiger partial charge in [-0.15, -0.1) is 0 Å². The van der Waals surface area contributed by atoms with Crippen LogP contribution < -0.4 is 14.9 Å². The number of hydrazone groups is 1. The molecule has 0 aliphatic rings. The SMILES string of the molecule is CCCOc1ccc(-c2nn(-c3ccccc3)cc2/C=N\NC(=O)COc2ccccc2Cl)cc1. The highest BCUT2D eigenvalue weighted by atomic mass is 35.5. The highest BCUT2D eigenvalue weighted by molar-refractivity contribution is 6.32. The van der Waals surface area contributed by atoms with Crippen LogP contribution in [0.25, 0.3) is 16.9 Å². The molecule has 35 heavy (non-hydrogen) atoms. The zero-order valence-corrected chi connectivity index (χ0v) is 20.0. The number of halogens is 1. The van der Waals surface area contributed by atoms with Crippen molar-refractivity contribution in [3.63, 3.8) is 0 Å². The molecule has 1 amide bonds. The lowest BCUT2D eigenvalue weighted by molar-refractivity contribution is -0.123. The van der Waals surface area contributed by atoms with E-state index in [-0.39, 0.29) is 6.61 Å². The predicted molar refractivity (Wildman–Crippen MR) is 137 cm³/mol. The molecule has 3 aromatic carbocycles. The largest absolute Gasteiger partial charge is 0.494 e. The standard InChI is InChI=1S/C27H25ClN4O3/c1-2-16-34-23-14-12-20(13-15-23)27-21(18-32(31-27)22-8-4-3-5-9-22)17-29-30-26(33)19-35-25-11-7-6-10-24(25)28/h3-15,17-18H,2,16,19H2,1H3,(H,30,33)/b29-17-. The molecule has 0 atom stereocenters. The van der Waals surface area contributed by atoms with Crippen LogP contribution in [-0.4, -0.2) is 35.1 Å². The number of ether oxygens (including phenoxy) is 2. The fraction of sp³-hybridized carbons (Fsp3) is 0.148. The Labute approximate surface area is 209 Å². The van der Waals surface area contributed by atoms with Gasteiger partial charge >= 0.3 is 0 Å². The molecule has 1 heterocycles. The number of amides is 1. The molecule has 0 aliphatic carbocycles. The van der Waals surface area contributed by atoms with E-state index < -0.39 is 5.91 Å². The Balaban J connectivity index is 1.50. The van der Waals surface area contributed by atoms with Gasteiger partial charge < -0.3 is 9.47 Å². The summed E-state index contributed by atoms with van der Waals surface area (Å²) in [4.78, 5) is 12.2. The number of hydrogen-bond acceptors (Lipinski definition) is 5. The number of rotatable bonds is 10. The molecule has 1 N–H and O–H groups in total. The summed E-state index contributed by atoms with van der Waals surface area (Å²) in [5.41, 5.74) is 5.76. The van der Waals surface area contributed by atoms with Crippen LogP contribution in [0, 0.1) is 0 Å². The van der Waals surface area contributed by atoms with Crippen molar-refractivity contribution >= 4 is 23.7 Å². The molecular weight excluding hydrogens is 464 g/mol. The molecule has 178 valence electrons. The van der Waals surface area contributed by atoms with Crippen LogP contribution in [0.1, 0.15) is 18.9 Å². The van der Waals surface area contributed by atoms with Gasteiger partial charge in [0.15, 0.2) is 6.61 Å². The summed E-state index contributed by atoms with van der Waals surface area (Å²) in [6, 6.07) is 24.5. The smallest absolute Gasteiger partial charge is 0.277 e. The van der Waals surface area contributed by atoms with Crippen LogP contribution >= 0.6 is 11.6 Å². The van der Waals surface area contributed by atoms with E-state index in [1.165, 1.54) is 0 Å². The van der Waals surface area contributed by atoms with E-state index in [4.69, 9.17) is 26.2 Å². The van der Waals surface area contributed by atoms with Gasteiger partial charge in [0.2, 0.25) is 0 Å². The molecule has 0 saturated heterocycles. The van der Waals surface area contributed by atoms with Gasteiger partial charge in [0, 0.05) is 17.3 Å². The van der Waals surface area contributed by atoms with E-state index >= 15 is 0 Å². The zero-order chi connectivity index (χ0) is 24.5. The summed E-state index contributed by atoms with van der Waals surface area (Å²) in [6.07, 6.45) is 4.37. The lowest BCUT2D eigenvalue weighted by atomic mass is 10.1. The third-order valence-corrected chi connectivity index (χ3v) is 5.26. The predicted octanol–water partition coefficient (Wildman–Crippen LogP) is 5.51. The van der Waals surface area contributed by atoms with Gasteiger partial charge in [-0.1, -0.05) is 48.9 Å². The van der Waals surface area contributed by atoms with Crippen LogP contribution in [0.5, 0.6) is 11.5 Å². The minimum absolute atomic E-state index is 0.212. The summed E-state index contributed by atoms with van der Waals surface area (Å²) in [6.45, 7) is 2.52. The summed E-state index contributed by atoms with van der Waals surface area (Å²) in [7, 11) is 0. The minimum Gasteiger partial charge on any atom is -0.494 e. The van der Waals surface area contributed by atoms with Gasteiger partial charge in [0.1, 0.15) is 17.2 Å². The maximum absolute atomic E-state index is 12.2. The molecule has 1 aromatic heterocycles. The van der Waals surface area contributed by atoms with E-state index in [0.29, 0.717) is 17.4 Å². The van der Waals surface area contributed by atoms with E-state index in [1.54, 1.807) is 35.2 Å². The molecule has 0 fully saturated rings. The number of benzene rings is 3. The highest BCUT2D eigenvalue weighted by Gasteiger charge is 2.12. The fourth-order valence-electron chi connectivity index (χ4n) is 3.26. The Morgan fingerprint density at radius 2 is 1.77 bits per heavy atom. The molecule has 0 saturated carbocycles. The van der Waals surface area contributed by atoms with Gasteiger partial charge in [-0.25, -0.2) is 10.1 Å². The number of carbonyl (C=O) groups is 1. The molecule has 7 nitrogen and oxygen atoms in total. The number of aromatic nitrogens is 2. The first-order chi connectivity index (χ1) is 17.1. The van der Waals surface area contributed by atoms with Crippen molar-refractivity contribution in [1.29, 1.82) is 0 Å². The van der Waals surface area contributed by atoms with Crippen LogP contribution in [0.15, 0.2) is 90.2 Å². The Morgan fingerprint density at radius 1 is 1.03 bits per heavy atom. The third kappa shape index (κ3) is 6.49. The second-order valence-corrected chi connectivity index (χ2v) is 8.01. The monoisotopic (exact) mass is 488 g/mol. The van der Waals surface area contributed by atoms with Gasteiger partial charge in [0.25, 0.3) is 5.91 Å². The van der Waals surface area contributed by atoms with Crippen LogP contribution in [0.3, 0.4) is 0 Å². The van der Waals surface area contributed by atoms with Crippen LogP contribution in [0.4, 0.5) is 0 Å². The molecule has 0 bridgehead atoms. The lowest BCUT2D eigenvalue weighted by Gasteiger charge is -2.06. The Morgan fingerprint density at radius 3 is 2.51 bits per heavy atom. The summed E-state index contributed by atoms with van der Waals surface area (Å²) >= 11 is 6.05. The maximum Gasteiger partial charge on any atom is 0.277 e. The van der Waals surface area contributed by atoms with E-state index in [9.17, 15) is 4.79 Å². The minimum atomic E-state index is -0.407. The van der Waals surface area contributed by atoms with Crippen molar-refractivity contribution in [3.8, 4) is 28.4 Å². The zero-order valence-electron chi connectivity index (χ0n) is 19.2. The number of para-hydroxylation sites is 2. The molecule has 0 unspecified atom stereocenters. The molecule has 4 rings (SSSR count). The molecule has 0 spiro atoms.